The standard InChI is InChI=1S/C19H19N5O3S/c25-19(22-17-8-1-2-9-18(17)24-14-20-13-21-24)15-6-5-7-16(12-15)28(26,27)23-10-3-4-11-23/h1-2,5-9,12-14H,3-4,10-11H2,(H,22,25). The molecule has 2 heterocycles. The Bertz CT molecular complexity index is 1090. The van der Waals surface area contributed by atoms with Gasteiger partial charge in [-0.25, -0.2) is 18.1 Å². The van der Waals surface area contributed by atoms with E-state index in [1.165, 1.54) is 29.1 Å². The van der Waals surface area contributed by atoms with Crippen LogP contribution in [0.1, 0.15) is 23.2 Å². The van der Waals surface area contributed by atoms with Gasteiger partial charge in [-0.1, -0.05) is 18.2 Å². The molecular formula is C19H19N5O3S. The molecule has 1 saturated heterocycles. The Morgan fingerprint density at radius 1 is 1.04 bits per heavy atom. The maximum atomic E-state index is 12.8. The lowest BCUT2D eigenvalue weighted by Crippen LogP contribution is -2.28. The molecular weight excluding hydrogens is 378 g/mol. The fourth-order valence-electron chi connectivity index (χ4n) is 3.18. The van der Waals surface area contributed by atoms with E-state index in [0.717, 1.165) is 12.8 Å². The maximum Gasteiger partial charge on any atom is 0.255 e. The van der Waals surface area contributed by atoms with Crippen LogP contribution in [0.4, 0.5) is 5.69 Å². The highest BCUT2D eigenvalue weighted by Crippen LogP contribution is 2.23. The van der Waals surface area contributed by atoms with Crippen LogP contribution >= 0.6 is 0 Å². The van der Waals surface area contributed by atoms with E-state index in [9.17, 15) is 13.2 Å². The van der Waals surface area contributed by atoms with Gasteiger partial charge in [0.2, 0.25) is 10.0 Å². The highest BCUT2D eigenvalue weighted by Gasteiger charge is 2.27. The van der Waals surface area contributed by atoms with Gasteiger partial charge in [-0.15, -0.1) is 0 Å². The SMILES string of the molecule is O=C(Nc1ccccc1-n1cncn1)c1cccc(S(=O)(=O)N2CCCC2)c1. The van der Waals surface area contributed by atoms with Crippen molar-refractivity contribution in [2.75, 3.05) is 18.4 Å². The zero-order valence-electron chi connectivity index (χ0n) is 15.0. The van der Waals surface area contributed by atoms with E-state index in [0.29, 0.717) is 24.5 Å². The molecule has 0 aliphatic carbocycles. The summed E-state index contributed by atoms with van der Waals surface area (Å²) in [4.78, 5) is 16.8. The number of anilines is 1. The monoisotopic (exact) mass is 397 g/mol. The zero-order chi connectivity index (χ0) is 19.6. The molecule has 0 spiro atoms. The Balaban J connectivity index is 1.60. The van der Waals surface area contributed by atoms with Gasteiger partial charge in [0.25, 0.3) is 5.91 Å². The Kier molecular flexibility index (Phi) is 4.93. The predicted molar refractivity (Wildman–Crippen MR) is 104 cm³/mol. The van der Waals surface area contributed by atoms with Crippen molar-refractivity contribution in [3.05, 3.63) is 66.7 Å². The van der Waals surface area contributed by atoms with Gasteiger partial charge in [0.15, 0.2) is 0 Å². The second-order valence-corrected chi connectivity index (χ2v) is 8.39. The van der Waals surface area contributed by atoms with Crippen LogP contribution in [-0.2, 0) is 10.0 Å². The van der Waals surface area contributed by atoms with Crippen molar-refractivity contribution >= 4 is 21.6 Å². The molecule has 1 aromatic heterocycles. The summed E-state index contributed by atoms with van der Waals surface area (Å²) in [5.41, 5.74) is 1.48. The Labute approximate surface area is 162 Å². The first-order valence-electron chi connectivity index (χ1n) is 8.91. The van der Waals surface area contributed by atoms with E-state index in [-0.39, 0.29) is 10.5 Å². The minimum Gasteiger partial charge on any atom is -0.320 e. The van der Waals surface area contributed by atoms with Gasteiger partial charge in [-0.2, -0.15) is 9.40 Å². The molecule has 1 N–H and O–H groups in total. The highest BCUT2D eigenvalue weighted by atomic mass is 32.2. The lowest BCUT2D eigenvalue weighted by Gasteiger charge is -2.16. The molecule has 0 saturated carbocycles. The van der Waals surface area contributed by atoms with Crippen molar-refractivity contribution in [1.82, 2.24) is 19.1 Å². The van der Waals surface area contributed by atoms with Crippen LogP contribution in [-0.4, -0.2) is 46.5 Å². The quantitative estimate of drug-likeness (QED) is 0.712. The van der Waals surface area contributed by atoms with Crippen LogP contribution in [0, 0.1) is 0 Å². The summed E-state index contributed by atoms with van der Waals surface area (Å²) < 4.78 is 28.5. The van der Waals surface area contributed by atoms with Crippen LogP contribution in [0.5, 0.6) is 0 Å². The van der Waals surface area contributed by atoms with Crippen molar-refractivity contribution in [2.45, 2.75) is 17.7 Å². The molecule has 0 unspecified atom stereocenters. The number of aromatic nitrogens is 3. The Hall–Kier alpha value is -3.04. The fourth-order valence-corrected chi connectivity index (χ4v) is 4.75. The summed E-state index contributed by atoms with van der Waals surface area (Å²) in [5.74, 6) is -0.397. The van der Waals surface area contributed by atoms with Crippen molar-refractivity contribution < 1.29 is 13.2 Å². The molecule has 8 nitrogen and oxygen atoms in total. The van der Waals surface area contributed by atoms with Crippen LogP contribution in [0.3, 0.4) is 0 Å². The summed E-state index contributed by atoms with van der Waals surface area (Å²) >= 11 is 0. The van der Waals surface area contributed by atoms with Crippen molar-refractivity contribution in [3.8, 4) is 5.69 Å². The Morgan fingerprint density at radius 2 is 1.82 bits per heavy atom. The number of benzene rings is 2. The number of rotatable bonds is 5. The van der Waals surface area contributed by atoms with E-state index < -0.39 is 15.9 Å². The number of carbonyl (C=O) groups excluding carboxylic acids is 1. The van der Waals surface area contributed by atoms with Gasteiger partial charge in [-0.05, 0) is 43.2 Å². The predicted octanol–water partition coefficient (Wildman–Crippen LogP) is 2.30. The number of hydrogen-bond donors (Lipinski definition) is 1. The van der Waals surface area contributed by atoms with Gasteiger partial charge < -0.3 is 5.32 Å². The van der Waals surface area contributed by atoms with Crippen molar-refractivity contribution in [1.29, 1.82) is 0 Å². The maximum absolute atomic E-state index is 12.8. The molecule has 3 aromatic rings. The molecule has 9 heteroatoms. The summed E-state index contributed by atoms with van der Waals surface area (Å²) in [6.45, 7) is 1.04. The van der Waals surface area contributed by atoms with Crippen LogP contribution in [0.25, 0.3) is 5.69 Å². The summed E-state index contributed by atoms with van der Waals surface area (Å²) in [5, 5.41) is 6.91. The third-order valence-electron chi connectivity index (χ3n) is 4.62. The first-order valence-corrected chi connectivity index (χ1v) is 10.4. The van der Waals surface area contributed by atoms with Gasteiger partial charge in [0.05, 0.1) is 16.3 Å². The van der Waals surface area contributed by atoms with E-state index in [2.05, 4.69) is 15.4 Å². The molecule has 1 fully saturated rings. The molecule has 28 heavy (non-hydrogen) atoms. The first kappa shape index (κ1) is 18.3. The number of sulfonamides is 1. The number of nitrogens with one attached hydrogen (secondary N) is 1. The zero-order valence-corrected chi connectivity index (χ0v) is 15.8. The third kappa shape index (κ3) is 3.54. The molecule has 1 amide bonds. The molecule has 4 rings (SSSR count). The molecule has 0 bridgehead atoms. The normalized spacial score (nSPS) is 14.9. The van der Waals surface area contributed by atoms with Gasteiger partial charge in [0.1, 0.15) is 12.7 Å². The lowest BCUT2D eigenvalue weighted by atomic mass is 10.2. The van der Waals surface area contributed by atoms with E-state index in [1.54, 1.807) is 35.0 Å². The smallest absolute Gasteiger partial charge is 0.255 e. The van der Waals surface area contributed by atoms with E-state index in [1.807, 2.05) is 6.07 Å². The largest absolute Gasteiger partial charge is 0.320 e. The fraction of sp³-hybridized carbons (Fsp3) is 0.211. The number of hydrogen-bond acceptors (Lipinski definition) is 5. The third-order valence-corrected chi connectivity index (χ3v) is 6.51. The molecule has 0 atom stereocenters. The average molecular weight is 397 g/mol. The lowest BCUT2D eigenvalue weighted by molar-refractivity contribution is 0.102. The minimum absolute atomic E-state index is 0.131. The Morgan fingerprint density at radius 3 is 2.57 bits per heavy atom. The average Bonchev–Trinajstić information content (AvgIpc) is 3.43. The topological polar surface area (TPSA) is 97.2 Å². The van der Waals surface area contributed by atoms with Crippen LogP contribution < -0.4 is 5.32 Å². The van der Waals surface area contributed by atoms with Gasteiger partial charge >= 0.3 is 0 Å². The van der Waals surface area contributed by atoms with Crippen molar-refractivity contribution in [2.24, 2.45) is 0 Å². The van der Waals surface area contributed by atoms with Crippen molar-refractivity contribution in [3.63, 3.8) is 0 Å². The highest BCUT2D eigenvalue weighted by molar-refractivity contribution is 7.89. The molecule has 2 aromatic carbocycles. The van der Waals surface area contributed by atoms with E-state index >= 15 is 0 Å². The number of para-hydroxylation sites is 2. The second-order valence-electron chi connectivity index (χ2n) is 6.45. The van der Waals surface area contributed by atoms with Crippen LogP contribution in [0.15, 0.2) is 66.1 Å². The van der Waals surface area contributed by atoms with Crippen LogP contribution in [0.2, 0.25) is 0 Å². The number of carbonyl (C=O) groups is 1. The number of amides is 1. The first-order chi connectivity index (χ1) is 13.6. The van der Waals surface area contributed by atoms with E-state index in [4.69, 9.17) is 0 Å². The molecule has 1 aliphatic heterocycles. The van der Waals surface area contributed by atoms with Gasteiger partial charge in [-0.3, -0.25) is 4.79 Å². The molecule has 1 aliphatic rings. The molecule has 144 valence electrons. The number of nitrogens with zero attached hydrogens (tertiary/aromatic N) is 4. The van der Waals surface area contributed by atoms with Gasteiger partial charge in [0, 0.05) is 18.7 Å². The summed E-state index contributed by atoms with van der Waals surface area (Å²) in [6.07, 6.45) is 4.66. The minimum atomic E-state index is -3.58. The second kappa shape index (κ2) is 7.53. The summed E-state index contributed by atoms with van der Waals surface area (Å²) in [6, 6.07) is 13.3. The summed E-state index contributed by atoms with van der Waals surface area (Å²) in [7, 11) is -3.58. The molecule has 0 radical (unpaired) electrons.